The fourth-order valence-corrected chi connectivity index (χ4v) is 2.28. The zero-order valence-corrected chi connectivity index (χ0v) is 11.0. The van der Waals surface area contributed by atoms with Crippen LogP contribution in [0.1, 0.15) is 21.5 Å². The van der Waals surface area contributed by atoms with Crippen molar-refractivity contribution in [2.45, 2.75) is 6.18 Å². The maximum Gasteiger partial charge on any atom is 0.418 e. The second-order valence-corrected chi connectivity index (χ2v) is 4.36. The third-order valence-corrected chi connectivity index (χ3v) is 3.33. The average Bonchev–Trinajstić information content (AvgIpc) is 2.25. The van der Waals surface area contributed by atoms with Gasteiger partial charge in [-0.25, -0.2) is 0 Å². The SMILES string of the molecule is N#Cc1ccc(C(=O)CCl)c(C(F)(F)F)c1I. The molecule has 0 heterocycles. The van der Waals surface area contributed by atoms with Crippen molar-refractivity contribution in [2.24, 2.45) is 0 Å². The predicted octanol–water partition coefficient (Wildman–Crippen LogP) is 3.60. The van der Waals surface area contributed by atoms with Crippen LogP contribution < -0.4 is 0 Å². The van der Waals surface area contributed by atoms with E-state index in [1.54, 1.807) is 6.07 Å². The molecule has 0 saturated heterocycles. The van der Waals surface area contributed by atoms with Crippen LogP contribution in [0.2, 0.25) is 0 Å². The number of Topliss-reactive ketones (excluding diaryl/α,β-unsaturated/α-hetero) is 1. The molecule has 0 aliphatic rings. The van der Waals surface area contributed by atoms with Gasteiger partial charge < -0.3 is 0 Å². The molecule has 0 aliphatic carbocycles. The fraction of sp³-hybridized carbons (Fsp3) is 0.200. The number of alkyl halides is 4. The summed E-state index contributed by atoms with van der Waals surface area (Å²) in [7, 11) is 0. The molecule has 1 aromatic rings. The molecule has 90 valence electrons. The number of rotatable bonds is 2. The van der Waals surface area contributed by atoms with E-state index in [1.165, 1.54) is 28.7 Å². The van der Waals surface area contributed by atoms with Gasteiger partial charge in [-0.1, -0.05) is 0 Å². The Morgan fingerprint density at radius 2 is 2.06 bits per heavy atom. The summed E-state index contributed by atoms with van der Waals surface area (Å²) in [5.41, 5.74) is -1.72. The van der Waals surface area contributed by atoms with Gasteiger partial charge in [0.05, 0.1) is 17.0 Å². The Morgan fingerprint density at radius 3 is 2.47 bits per heavy atom. The molecule has 2 nitrogen and oxygen atoms in total. The summed E-state index contributed by atoms with van der Waals surface area (Å²) in [5.74, 6) is -1.35. The first-order valence-electron chi connectivity index (χ1n) is 4.22. The lowest BCUT2D eigenvalue weighted by atomic mass is 10.0. The molecule has 0 radical (unpaired) electrons. The average molecular weight is 373 g/mol. The summed E-state index contributed by atoms with van der Waals surface area (Å²) in [6, 6.07) is 3.80. The van der Waals surface area contributed by atoms with E-state index < -0.39 is 29.0 Å². The Hall–Kier alpha value is -0.810. The Labute approximate surface area is 114 Å². The molecule has 17 heavy (non-hydrogen) atoms. The Morgan fingerprint density at radius 1 is 1.47 bits per heavy atom. The van der Waals surface area contributed by atoms with Crippen molar-refractivity contribution < 1.29 is 18.0 Å². The lowest BCUT2D eigenvalue weighted by molar-refractivity contribution is -0.138. The molecule has 0 unspecified atom stereocenters. The summed E-state index contributed by atoms with van der Waals surface area (Å²) < 4.78 is 38.2. The van der Waals surface area contributed by atoms with Crippen molar-refractivity contribution in [3.05, 3.63) is 32.4 Å². The van der Waals surface area contributed by atoms with E-state index in [0.717, 1.165) is 6.07 Å². The highest BCUT2D eigenvalue weighted by Crippen LogP contribution is 2.37. The summed E-state index contributed by atoms with van der Waals surface area (Å²) in [4.78, 5) is 11.3. The minimum absolute atomic E-state index is 0.121. The second kappa shape index (κ2) is 5.23. The number of benzene rings is 1. The quantitative estimate of drug-likeness (QED) is 0.451. The molecule has 0 saturated carbocycles. The third kappa shape index (κ3) is 2.90. The van der Waals surface area contributed by atoms with E-state index in [-0.39, 0.29) is 9.13 Å². The normalized spacial score (nSPS) is 11.1. The number of halogens is 5. The number of nitriles is 1. The van der Waals surface area contributed by atoms with Crippen molar-refractivity contribution >= 4 is 40.0 Å². The van der Waals surface area contributed by atoms with E-state index in [2.05, 4.69) is 0 Å². The number of carbonyl (C=O) groups is 1. The second-order valence-electron chi connectivity index (χ2n) is 3.02. The topological polar surface area (TPSA) is 40.9 Å². The largest absolute Gasteiger partial charge is 0.418 e. The number of ketones is 1. The molecule has 7 heteroatoms. The van der Waals surface area contributed by atoms with Crippen molar-refractivity contribution in [3.8, 4) is 6.07 Å². The van der Waals surface area contributed by atoms with Crippen LogP contribution in [0.4, 0.5) is 13.2 Å². The molecule has 0 spiro atoms. The first kappa shape index (κ1) is 14.3. The van der Waals surface area contributed by atoms with Gasteiger partial charge >= 0.3 is 6.18 Å². The summed E-state index contributed by atoms with van der Waals surface area (Å²) in [6.45, 7) is 0. The number of nitrogens with zero attached hydrogens (tertiary/aromatic N) is 1. The van der Waals surface area contributed by atoms with Gasteiger partial charge in [-0.05, 0) is 34.7 Å². The van der Waals surface area contributed by atoms with Crippen LogP contribution in [0.5, 0.6) is 0 Å². The van der Waals surface area contributed by atoms with E-state index in [1.807, 2.05) is 0 Å². The van der Waals surface area contributed by atoms with Gasteiger partial charge in [0.15, 0.2) is 5.78 Å². The predicted molar refractivity (Wildman–Crippen MR) is 63.9 cm³/mol. The molecule has 0 N–H and O–H groups in total. The first-order chi connectivity index (χ1) is 7.82. The van der Waals surface area contributed by atoms with Gasteiger partial charge in [0, 0.05) is 9.13 Å². The zero-order chi connectivity index (χ0) is 13.2. The van der Waals surface area contributed by atoms with Crippen LogP contribution >= 0.6 is 34.2 Å². The van der Waals surface area contributed by atoms with E-state index >= 15 is 0 Å². The smallest absolute Gasteiger partial charge is 0.293 e. The Kier molecular flexibility index (Phi) is 4.38. The molecule has 0 aromatic heterocycles. The molecule has 0 aliphatic heterocycles. The van der Waals surface area contributed by atoms with Crippen LogP contribution in [0.15, 0.2) is 12.1 Å². The first-order valence-corrected chi connectivity index (χ1v) is 5.83. The van der Waals surface area contributed by atoms with E-state index in [4.69, 9.17) is 16.9 Å². The molecule has 1 rings (SSSR count). The lowest BCUT2D eigenvalue weighted by Crippen LogP contribution is -2.16. The van der Waals surface area contributed by atoms with Gasteiger partial charge in [0.1, 0.15) is 6.07 Å². The number of hydrogen-bond acceptors (Lipinski definition) is 2. The monoisotopic (exact) mass is 373 g/mol. The van der Waals surface area contributed by atoms with E-state index in [9.17, 15) is 18.0 Å². The van der Waals surface area contributed by atoms with Crippen molar-refractivity contribution in [3.63, 3.8) is 0 Å². The van der Waals surface area contributed by atoms with Gasteiger partial charge in [-0.2, -0.15) is 18.4 Å². The number of hydrogen-bond donors (Lipinski definition) is 0. The highest BCUT2D eigenvalue weighted by atomic mass is 127. The fourth-order valence-electron chi connectivity index (χ4n) is 1.24. The Bertz CT molecular complexity index is 507. The molecular weight excluding hydrogens is 369 g/mol. The molecular formula is C10H4ClF3INO. The van der Waals surface area contributed by atoms with Crippen LogP contribution in [-0.2, 0) is 6.18 Å². The van der Waals surface area contributed by atoms with Crippen LogP contribution in [0, 0.1) is 14.9 Å². The zero-order valence-electron chi connectivity index (χ0n) is 8.11. The maximum absolute atomic E-state index is 12.8. The molecule has 0 fully saturated rings. The summed E-state index contributed by atoms with van der Waals surface area (Å²) >= 11 is 6.65. The summed E-state index contributed by atoms with van der Waals surface area (Å²) in [6.07, 6.45) is -4.69. The Balaban J connectivity index is 3.60. The van der Waals surface area contributed by atoms with E-state index in [0.29, 0.717) is 0 Å². The molecule has 0 atom stereocenters. The minimum Gasteiger partial charge on any atom is -0.293 e. The highest BCUT2D eigenvalue weighted by Gasteiger charge is 2.38. The highest BCUT2D eigenvalue weighted by molar-refractivity contribution is 14.1. The van der Waals surface area contributed by atoms with Crippen LogP contribution in [-0.4, -0.2) is 11.7 Å². The van der Waals surface area contributed by atoms with Gasteiger partial charge in [0.25, 0.3) is 0 Å². The number of carbonyl (C=O) groups excluding carboxylic acids is 1. The maximum atomic E-state index is 12.8. The van der Waals surface area contributed by atoms with Gasteiger partial charge in [0.2, 0.25) is 0 Å². The van der Waals surface area contributed by atoms with Crippen LogP contribution in [0.25, 0.3) is 0 Å². The lowest BCUT2D eigenvalue weighted by Gasteiger charge is -2.14. The van der Waals surface area contributed by atoms with Crippen molar-refractivity contribution in [1.29, 1.82) is 5.26 Å². The van der Waals surface area contributed by atoms with Crippen molar-refractivity contribution in [1.82, 2.24) is 0 Å². The summed E-state index contributed by atoms with van der Waals surface area (Å²) in [5, 5.41) is 8.66. The van der Waals surface area contributed by atoms with Gasteiger partial charge in [-0.15, -0.1) is 11.6 Å². The third-order valence-electron chi connectivity index (χ3n) is 1.97. The molecule has 0 bridgehead atoms. The standard InChI is InChI=1S/C10H4ClF3INO/c11-3-7(17)6-2-1-5(4-16)9(15)8(6)10(12,13)14/h1-2H,3H2. The van der Waals surface area contributed by atoms with Crippen LogP contribution in [0.3, 0.4) is 0 Å². The minimum atomic E-state index is -4.69. The van der Waals surface area contributed by atoms with Crippen molar-refractivity contribution in [2.75, 3.05) is 5.88 Å². The molecule has 1 aromatic carbocycles. The van der Waals surface area contributed by atoms with Gasteiger partial charge in [-0.3, -0.25) is 4.79 Å². The molecule has 0 amide bonds.